The van der Waals surface area contributed by atoms with Crippen molar-refractivity contribution >= 4 is 0 Å². The molecule has 102 valence electrons. The van der Waals surface area contributed by atoms with E-state index >= 15 is 0 Å². The van der Waals surface area contributed by atoms with Gasteiger partial charge in [0.15, 0.2) is 5.82 Å². The fourth-order valence-corrected chi connectivity index (χ4v) is 2.60. The minimum Gasteiger partial charge on any atom is -0.377 e. The number of hydrogen-bond acceptors (Lipinski definition) is 5. The van der Waals surface area contributed by atoms with Crippen LogP contribution in [0.1, 0.15) is 50.7 Å². The Hall–Kier alpha value is -0.940. The van der Waals surface area contributed by atoms with Crippen LogP contribution in [-0.2, 0) is 11.2 Å². The molecule has 0 spiro atoms. The van der Waals surface area contributed by atoms with Gasteiger partial charge in [0.2, 0.25) is 5.89 Å². The van der Waals surface area contributed by atoms with Crippen molar-refractivity contribution in [1.82, 2.24) is 10.1 Å². The molecule has 5 heteroatoms. The number of nitrogens with two attached hydrogens (primary N) is 1. The summed E-state index contributed by atoms with van der Waals surface area (Å²) >= 11 is 0. The summed E-state index contributed by atoms with van der Waals surface area (Å²) in [5, 5.41) is 4.10. The molecule has 0 aromatic carbocycles. The molecule has 1 heterocycles. The normalized spacial score (nSPS) is 25.5. The Morgan fingerprint density at radius 3 is 2.94 bits per heavy atom. The van der Waals surface area contributed by atoms with E-state index in [2.05, 4.69) is 17.1 Å². The first-order valence-electron chi connectivity index (χ1n) is 6.87. The van der Waals surface area contributed by atoms with Crippen LogP contribution in [-0.4, -0.2) is 29.4 Å². The molecule has 3 atom stereocenters. The maximum atomic E-state index is 5.64. The first kappa shape index (κ1) is 13.5. The van der Waals surface area contributed by atoms with Crippen molar-refractivity contribution in [2.75, 3.05) is 13.2 Å². The minimum atomic E-state index is -0.0224. The minimum absolute atomic E-state index is 0.0224. The monoisotopic (exact) mass is 253 g/mol. The number of aromatic nitrogens is 2. The summed E-state index contributed by atoms with van der Waals surface area (Å²) in [5.41, 5.74) is 5.64. The van der Waals surface area contributed by atoms with E-state index in [1.165, 1.54) is 19.3 Å². The van der Waals surface area contributed by atoms with Gasteiger partial charge >= 0.3 is 0 Å². The molecule has 2 rings (SSSR count). The van der Waals surface area contributed by atoms with Crippen LogP contribution < -0.4 is 5.73 Å². The maximum absolute atomic E-state index is 5.64. The van der Waals surface area contributed by atoms with Crippen LogP contribution in [0.25, 0.3) is 0 Å². The molecule has 5 nitrogen and oxygen atoms in total. The Labute approximate surface area is 108 Å². The first-order valence-corrected chi connectivity index (χ1v) is 6.87. The third-order valence-corrected chi connectivity index (χ3v) is 3.61. The third kappa shape index (κ3) is 3.29. The zero-order valence-electron chi connectivity index (χ0n) is 11.3. The number of ether oxygens (including phenoxy) is 1. The van der Waals surface area contributed by atoms with Crippen molar-refractivity contribution in [3.8, 4) is 0 Å². The quantitative estimate of drug-likeness (QED) is 0.837. The summed E-state index contributed by atoms with van der Waals surface area (Å²) in [4.78, 5) is 4.48. The van der Waals surface area contributed by atoms with E-state index < -0.39 is 0 Å². The Kier molecular flexibility index (Phi) is 4.72. The lowest BCUT2D eigenvalue weighted by atomic mass is 10.1. The number of nitrogens with zero attached hydrogens (tertiary/aromatic N) is 2. The van der Waals surface area contributed by atoms with Gasteiger partial charge in [-0.05, 0) is 32.1 Å². The highest BCUT2D eigenvalue weighted by Gasteiger charge is 2.27. The Morgan fingerprint density at radius 1 is 1.50 bits per heavy atom. The van der Waals surface area contributed by atoms with Gasteiger partial charge < -0.3 is 15.0 Å². The summed E-state index contributed by atoms with van der Waals surface area (Å²) in [6.45, 7) is 5.37. The van der Waals surface area contributed by atoms with Crippen LogP contribution in [0.15, 0.2) is 4.52 Å². The second kappa shape index (κ2) is 6.29. The molecule has 1 fully saturated rings. The maximum Gasteiger partial charge on any atom is 0.229 e. The topological polar surface area (TPSA) is 74.2 Å². The molecule has 0 saturated heterocycles. The molecule has 1 aliphatic rings. The Bertz CT molecular complexity index is 367. The molecule has 1 aromatic rings. The summed E-state index contributed by atoms with van der Waals surface area (Å²) in [7, 11) is 0. The zero-order chi connectivity index (χ0) is 13.0. The fourth-order valence-electron chi connectivity index (χ4n) is 2.60. The van der Waals surface area contributed by atoms with E-state index in [0.29, 0.717) is 31.4 Å². The summed E-state index contributed by atoms with van der Waals surface area (Å²) in [5.74, 6) is 2.76. The van der Waals surface area contributed by atoms with Gasteiger partial charge in [-0.15, -0.1) is 0 Å². The predicted molar refractivity (Wildman–Crippen MR) is 68.2 cm³/mol. The van der Waals surface area contributed by atoms with Gasteiger partial charge in [-0.2, -0.15) is 4.98 Å². The largest absolute Gasteiger partial charge is 0.377 e. The number of hydrogen-bond donors (Lipinski definition) is 1. The van der Waals surface area contributed by atoms with E-state index in [0.717, 1.165) is 11.7 Å². The van der Waals surface area contributed by atoms with Gasteiger partial charge in [-0.1, -0.05) is 12.1 Å². The van der Waals surface area contributed by atoms with Crippen molar-refractivity contribution in [1.29, 1.82) is 0 Å². The lowest BCUT2D eigenvalue weighted by Crippen LogP contribution is -2.26. The lowest BCUT2D eigenvalue weighted by molar-refractivity contribution is 0.0636. The van der Waals surface area contributed by atoms with Crippen LogP contribution in [0, 0.1) is 5.92 Å². The van der Waals surface area contributed by atoms with Gasteiger partial charge in [0.1, 0.15) is 0 Å². The average Bonchev–Trinajstić information content (AvgIpc) is 2.97. The van der Waals surface area contributed by atoms with Crippen LogP contribution in [0.4, 0.5) is 0 Å². The van der Waals surface area contributed by atoms with Gasteiger partial charge in [-0.3, -0.25) is 0 Å². The molecule has 0 radical (unpaired) electrons. The van der Waals surface area contributed by atoms with Gasteiger partial charge in [0.25, 0.3) is 0 Å². The third-order valence-electron chi connectivity index (χ3n) is 3.61. The van der Waals surface area contributed by atoms with E-state index in [4.69, 9.17) is 15.0 Å². The lowest BCUT2D eigenvalue weighted by Gasteiger charge is -2.11. The highest BCUT2D eigenvalue weighted by molar-refractivity contribution is 4.99. The van der Waals surface area contributed by atoms with Gasteiger partial charge in [-0.25, -0.2) is 0 Å². The highest BCUT2D eigenvalue weighted by Crippen LogP contribution is 2.36. The second-order valence-corrected chi connectivity index (χ2v) is 5.18. The zero-order valence-corrected chi connectivity index (χ0v) is 11.3. The van der Waals surface area contributed by atoms with E-state index in [1.54, 1.807) is 0 Å². The molecular weight excluding hydrogens is 230 g/mol. The average molecular weight is 253 g/mol. The van der Waals surface area contributed by atoms with Crippen LogP contribution in [0.3, 0.4) is 0 Å². The molecule has 3 unspecified atom stereocenters. The van der Waals surface area contributed by atoms with Crippen molar-refractivity contribution < 1.29 is 9.26 Å². The van der Waals surface area contributed by atoms with E-state index in [-0.39, 0.29) is 6.10 Å². The van der Waals surface area contributed by atoms with E-state index in [1.807, 2.05) is 6.92 Å². The van der Waals surface area contributed by atoms with Crippen molar-refractivity contribution in [2.45, 2.75) is 51.6 Å². The standard InChI is InChI=1S/C13H23N3O2/c1-3-17-11(8-14)7-12-15-13(16-18-12)10-5-4-9(2)6-10/h9-11H,3-8,14H2,1-2H3. The summed E-state index contributed by atoms with van der Waals surface area (Å²) in [6.07, 6.45) is 4.20. The van der Waals surface area contributed by atoms with Crippen LogP contribution >= 0.6 is 0 Å². The molecule has 0 amide bonds. The van der Waals surface area contributed by atoms with Gasteiger partial charge in [0, 0.05) is 19.1 Å². The number of rotatable bonds is 6. The first-order chi connectivity index (χ1) is 8.72. The molecule has 18 heavy (non-hydrogen) atoms. The summed E-state index contributed by atoms with van der Waals surface area (Å²) < 4.78 is 10.8. The molecule has 0 bridgehead atoms. The van der Waals surface area contributed by atoms with Crippen molar-refractivity contribution in [2.24, 2.45) is 11.7 Å². The molecular formula is C13H23N3O2. The highest BCUT2D eigenvalue weighted by atomic mass is 16.5. The fraction of sp³-hybridized carbons (Fsp3) is 0.846. The van der Waals surface area contributed by atoms with Crippen molar-refractivity contribution in [3.63, 3.8) is 0 Å². The second-order valence-electron chi connectivity index (χ2n) is 5.18. The van der Waals surface area contributed by atoms with Gasteiger partial charge in [0.05, 0.1) is 12.5 Å². The smallest absolute Gasteiger partial charge is 0.229 e. The molecule has 1 saturated carbocycles. The molecule has 2 N–H and O–H groups in total. The molecule has 1 aromatic heterocycles. The van der Waals surface area contributed by atoms with Crippen LogP contribution in [0.5, 0.6) is 0 Å². The molecule has 1 aliphatic carbocycles. The Morgan fingerprint density at radius 2 is 2.33 bits per heavy atom. The van der Waals surface area contributed by atoms with E-state index in [9.17, 15) is 0 Å². The predicted octanol–water partition coefficient (Wildman–Crippen LogP) is 1.88. The Balaban J connectivity index is 1.93. The van der Waals surface area contributed by atoms with Crippen LogP contribution in [0.2, 0.25) is 0 Å². The summed E-state index contributed by atoms with van der Waals surface area (Å²) in [6, 6.07) is 0. The SMILES string of the molecule is CCOC(CN)Cc1nc(C2CCC(C)C2)no1. The van der Waals surface area contributed by atoms with Crippen molar-refractivity contribution in [3.05, 3.63) is 11.7 Å². The molecule has 0 aliphatic heterocycles.